The van der Waals surface area contributed by atoms with Crippen molar-refractivity contribution in [3.8, 4) is 5.75 Å². The highest BCUT2D eigenvalue weighted by atomic mass is 32.1. The molecule has 0 unspecified atom stereocenters. The van der Waals surface area contributed by atoms with Gasteiger partial charge in [0.25, 0.3) is 11.8 Å². The second-order valence-corrected chi connectivity index (χ2v) is 9.58. The molecule has 0 aliphatic carbocycles. The summed E-state index contributed by atoms with van der Waals surface area (Å²) in [5, 5.41) is 5.31. The lowest BCUT2D eigenvalue weighted by molar-refractivity contribution is -0.121. The first-order chi connectivity index (χ1) is 15.9. The molecule has 0 spiro atoms. The van der Waals surface area contributed by atoms with Crippen LogP contribution < -0.4 is 15.0 Å². The molecule has 33 heavy (non-hydrogen) atoms. The zero-order chi connectivity index (χ0) is 23.4. The van der Waals surface area contributed by atoms with Crippen molar-refractivity contribution in [2.24, 2.45) is 0 Å². The summed E-state index contributed by atoms with van der Waals surface area (Å²) in [5.41, 5.74) is 3.17. The predicted molar refractivity (Wildman–Crippen MR) is 129 cm³/mol. The van der Waals surface area contributed by atoms with Crippen LogP contribution in [0.3, 0.4) is 0 Å². The summed E-state index contributed by atoms with van der Waals surface area (Å²) in [6.07, 6.45) is 3.37. The Hall–Kier alpha value is -3.26. The van der Waals surface area contributed by atoms with Gasteiger partial charge in [-0.25, -0.2) is 4.98 Å². The Bertz CT molecular complexity index is 1140. The number of ether oxygens (including phenoxy) is 1. The summed E-state index contributed by atoms with van der Waals surface area (Å²) < 4.78 is 5.65. The van der Waals surface area contributed by atoms with Gasteiger partial charge in [-0.1, -0.05) is 32.9 Å². The average Bonchev–Trinajstić information content (AvgIpc) is 3.30. The fourth-order valence-corrected chi connectivity index (χ4v) is 4.33. The molecular formula is C25H28N4O3S. The van der Waals surface area contributed by atoms with Crippen LogP contribution in [0.15, 0.2) is 48.0 Å². The molecule has 3 aromatic rings. The van der Waals surface area contributed by atoms with Crippen molar-refractivity contribution in [1.82, 2.24) is 15.3 Å². The van der Waals surface area contributed by atoms with Crippen molar-refractivity contribution in [2.45, 2.75) is 45.6 Å². The number of hydrogen-bond donors (Lipinski definition) is 1. The van der Waals surface area contributed by atoms with E-state index in [4.69, 9.17) is 4.74 Å². The number of carbonyl (C=O) groups is 2. The molecule has 2 aromatic heterocycles. The molecular weight excluding hydrogens is 436 g/mol. The van der Waals surface area contributed by atoms with E-state index < -0.39 is 0 Å². The standard InChI is InChI=1S/C25H28N4O3S/c1-4-25(2,3)17-8-9-21-20(13-17)29(23(30)15-32-21)14-22-28-19(16-33-22)24(31)27-12-10-18-7-5-6-11-26-18/h5-9,11,13,16H,4,10,12,14-15H2,1-3H3,(H,27,31). The van der Waals surface area contributed by atoms with Crippen LogP contribution in [0.25, 0.3) is 0 Å². The highest BCUT2D eigenvalue weighted by molar-refractivity contribution is 7.09. The molecule has 7 nitrogen and oxygen atoms in total. The maximum Gasteiger partial charge on any atom is 0.270 e. The Labute approximate surface area is 197 Å². The van der Waals surface area contributed by atoms with E-state index in [-0.39, 0.29) is 23.8 Å². The summed E-state index contributed by atoms with van der Waals surface area (Å²) in [7, 11) is 0. The van der Waals surface area contributed by atoms with Crippen LogP contribution in [0.2, 0.25) is 0 Å². The van der Waals surface area contributed by atoms with Gasteiger partial charge in [0.05, 0.1) is 12.2 Å². The van der Waals surface area contributed by atoms with Crippen molar-refractivity contribution in [2.75, 3.05) is 18.1 Å². The maximum absolute atomic E-state index is 12.7. The van der Waals surface area contributed by atoms with E-state index in [9.17, 15) is 9.59 Å². The molecule has 0 atom stereocenters. The van der Waals surface area contributed by atoms with E-state index in [1.54, 1.807) is 16.5 Å². The SMILES string of the molecule is CCC(C)(C)c1ccc2c(c1)N(Cc1nc(C(=O)NCCc3ccccn3)cs1)C(=O)CO2. The Morgan fingerprint density at radius 2 is 2.12 bits per heavy atom. The number of aromatic nitrogens is 2. The van der Waals surface area contributed by atoms with Crippen LogP contribution in [0.5, 0.6) is 5.75 Å². The number of fused-ring (bicyclic) bond motifs is 1. The zero-order valence-corrected chi connectivity index (χ0v) is 19.9. The Morgan fingerprint density at radius 1 is 1.27 bits per heavy atom. The molecule has 1 aliphatic heterocycles. The van der Waals surface area contributed by atoms with E-state index in [0.29, 0.717) is 36.0 Å². The molecule has 3 heterocycles. The third-order valence-corrected chi connectivity index (χ3v) is 6.87. The minimum absolute atomic E-state index is 0.00421. The van der Waals surface area contributed by atoms with E-state index in [0.717, 1.165) is 23.4 Å². The molecule has 8 heteroatoms. The summed E-state index contributed by atoms with van der Waals surface area (Å²) in [6, 6.07) is 11.7. The average molecular weight is 465 g/mol. The van der Waals surface area contributed by atoms with Gasteiger partial charge in [-0.3, -0.25) is 19.5 Å². The van der Waals surface area contributed by atoms with Crippen molar-refractivity contribution in [3.63, 3.8) is 0 Å². The number of amides is 2. The molecule has 0 fully saturated rings. The van der Waals surface area contributed by atoms with Crippen molar-refractivity contribution >= 4 is 28.8 Å². The third-order valence-electron chi connectivity index (χ3n) is 6.04. The second-order valence-electron chi connectivity index (χ2n) is 8.64. The van der Waals surface area contributed by atoms with E-state index in [1.807, 2.05) is 30.3 Å². The highest BCUT2D eigenvalue weighted by Crippen LogP contribution is 2.38. The second kappa shape index (κ2) is 9.70. The fraction of sp³-hybridized carbons (Fsp3) is 0.360. The molecule has 172 valence electrons. The number of nitrogens with one attached hydrogen (secondary N) is 1. The molecule has 1 N–H and O–H groups in total. The Morgan fingerprint density at radius 3 is 2.88 bits per heavy atom. The van der Waals surface area contributed by atoms with Gasteiger partial charge in [-0.15, -0.1) is 11.3 Å². The maximum atomic E-state index is 12.7. The molecule has 1 aromatic carbocycles. The van der Waals surface area contributed by atoms with Crippen molar-refractivity contribution in [3.05, 3.63) is 69.9 Å². The van der Waals surface area contributed by atoms with Crippen LogP contribution in [0.4, 0.5) is 5.69 Å². The number of pyridine rings is 1. The van der Waals surface area contributed by atoms with Gasteiger partial charge in [0, 0.05) is 30.2 Å². The number of thiazole rings is 1. The Balaban J connectivity index is 1.45. The Kier molecular flexibility index (Phi) is 6.74. The first-order valence-electron chi connectivity index (χ1n) is 11.1. The van der Waals surface area contributed by atoms with Gasteiger partial charge in [-0.05, 0) is 41.7 Å². The topological polar surface area (TPSA) is 84.4 Å². The van der Waals surface area contributed by atoms with E-state index in [2.05, 4.69) is 42.1 Å². The fourth-order valence-electron chi connectivity index (χ4n) is 3.56. The van der Waals surface area contributed by atoms with Crippen molar-refractivity contribution in [1.29, 1.82) is 0 Å². The number of hydrogen-bond acceptors (Lipinski definition) is 6. The highest BCUT2D eigenvalue weighted by Gasteiger charge is 2.29. The number of anilines is 1. The van der Waals surface area contributed by atoms with Gasteiger partial charge in [0.1, 0.15) is 16.5 Å². The van der Waals surface area contributed by atoms with Gasteiger partial charge in [0.2, 0.25) is 0 Å². The van der Waals surface area contributed by atoms with Crippen molar-refractivity contribution < 1.29 is 14.3 Å². The summed E-state index contributed by atoms with van der Waals surface area (Å²) >= 11 is 1.37. The van der Waals surface area contributed by atoms with Gasteiger partial charge in [-0.2, -0.15) is 0 Å². The molecule has 1 aliphatic rings. The van der Waals surface area contributed by atoms with E-state index >= 15 is 0 Å². The molecule has 0 radical (unpaired) electrons. The van der Waals surface area contributed by atoms with Gasteiger partial charge < -0.3 is 10.1 Å². The number of nitrogens with zero attached hydrogens (tertiary/aromatic N) is 3. The normalized spacial score (nSPS) is 13.4. The quantitative estimate of drug-likeness (QED) is 0.542. The van der Waals surface area contributed by atoms with Crippen LogP contribution in [-0.2, 0) is 23.2 Å². The summed E-state index contributed by atoms with van der Waals surface area (Å²) in [5.74, 6) is 0.342. The van der Waals surface area contributed by atoms with E-state index in [1.165, 1.54) is 11.3 Å². The first-order valence-corrected chi connectivity index (χ1v) is 12.0. The number of rotatable bonds is 8. The predicted octanol–water partition coefficient (Wildman–Crippen LogP) is 4.12. The van der Waals surface area contributed by atoms with Crippen LogP contribution in [0.1, 0.15) is 53.9 Å². The lowest BCUT2D eigenvalue weighted by atomic mass is 9.82. The summed E-state index contributed by atoms with van der Waals surface area (Å²) in [6.45, 7) is 7.30. The number of carbonyl (C=O) groups excluding carboxylic acids is 2. The van der Waals surface area contributed by atoms with Gasteiger partial charge in [0.15, 0.2) is 6.61 Å². The van der Waals surface area contributed by atoms with Crippen LogP contribution in [0, 0.1) is 0 Å². The monoisotopic (exact) mass is 464 g/mol. The molecule has 0 saturated heterocycles. The third kappa shape index (κ3) is 5.22. The zero-order valence-electron chi connectivity index (χ0n) is 19.1. The molecule has 0 bridgehead atoms. The minimum Gasteiger partial charge on any atom is -0.482 e. The first kappa shape index (κ1) is 22.9. The van der Waals surface area contributed by atoms with Gasteiger partial charge >= 0.3 is 0 Å². The molecule has 0 saturated carbocycles. The van der Waals surface area contributed by atoms with Crippen LogP contribution in [-0.4, -0.2) is 34.9 Å². The summed E-state index contributed by atoms with van der Waals surface area (Å²) in [4.78, 5) is 35.6. The molecule has 4 rings (SSSR count). The van der Waals surface area contributed by atoms with Crippen LogP contribution >= 0.6 is 11.3 Å². The smallest absolute Gasteiger partial charge is 0.270 e. The lowest BCUT2D eigenvalue weighted by Crippen LogP contribution is -2.38. The molecule has 2 amide bonds. The lowest BCUT2D eigenvalue weighted by Gasteiger charge is -2.31. The number of benzene rings is 1. The minimum atomic E-state index is -0.228. The largest absolute Gasteiger partial charge is 0.482 e.